The summed E-state index contributed by atoms with van der Waals surface area (Å²) in [5.74, 6) is 0.774. The van der Waals surface area contributed by atoms with Gasteiger partial charge in [-0.2, -0.15) is 0 Å². The summed E-state index contributed by atoms with van der Waals surface area (Å²) in [4.78, 5) is 11.6. The number of carbonyl (C=O) groups is 1. The van der Waals surface area contributed by atoms with Crippen molar-refractivity contribution in [2.24, 2.45) is 0 Å². The Morgan fingerprint density at radius 1 is 1.00 bits per heavy atom. The van der Waals surface area contributed by atoms with Crippen LogP contribution in [0.15, 0.2) is 42.5 Å². The number of hydrogen-bond donors (Lipinski definition) is 1. The summed E-state index contributed by atoms with van der Waals surface area (Å²) in [5.41, 5.74) is 2.35. The summed E-state index contributed by atoms with van der Waals surface area (Å²) >= 11 is 16.6. The largest absolute Gasteiger partial charge is 0.497 e. The molecule has 0 aliphatic rings. The molecule has 0 saturated carbocycles. The van der Waals surface area contributed by atoms with Crippen LogP contribution in [0.2, 0.25) is 0 Å². The lowest BCUT2D eigenvalue weighted by Gasteiger charge is -2.11. The molecule has 0 heterocycles. The van der Waals surface area contributed by atoms with Crippen molar-refractivity contribution < 1.29 is 14.3 Å². The Kier molecular flexibility index (Phi) is 6.59. The molecule has 1 N–H and O–H groups in total. The van der Waals surface area contributed by atoms with Crippen molar-refractivity contribution in [3.8, 4) is 11.5 Å². The maximum Gasteiger partial charge on any atom is 0.276 e. The number of ether oxygens (including phenoxy) is 2. The van der Waals surface area contributed by atoms with E-state index in [0.717, 1.165) is 22.6 Å². The zero-order chi connectivity index (χ0) is 18.4. The fraction of sp³-hybridized carbons (Fsp3) is 0.167. The predicted molar refractivity (Wildman–Crippen MR) is 104 cm³/mol. The Hall–Kier alpha value is -1.88. The first kappa shape index (κ1) is 19.4. The van der Waals surface area contributed by atoms with E-state index in [1.807, 2.05) is 42.5 Å². The summed E-state index contributed by atoms with van der Waals surface area (Å²) in [5, 5.41) is 2.52. The van der Waals surface area contributed by atoms with Crippen molar-refractivity contribution in [1.82, 2.24) is 0 Å². The summed E-state index contributed by atoms with van der Waals surface area (Å²) in [6, 6.07) is 12.7. The standard InChI is InChI=1S/C18H16Cl3NO3/c1-24-15-9-10-16(25-2)13(11-15)6-3-12-4-7-14(8-5-12)22-17(23)18(19,20)21/h3-11H,1-2H3,(H,22,23)/b6-3-. The van der Waals surface area contributed by atoms with Crippen molar-refractivity contribution in [2.75, 3.05) is 19.5 Å². The first-order chi connectivity index (χ1) is 11.8. The van der Waals surface area contributed by atoms with Gasteiger partial charge in [-0.05, 0) is 35.9 Å². The van der Waals surface area contributed by atoms with Gasteiger partial charge in [0.2, 0.25) is 0 Å². The van der Waals surface area contributed by atoms with Gasteiger partial charge in [-0.1, -0.05) is 59.1 Å². The number of methoxy groups -OCH3 is 2. The molecule has 1 amide bonds. The SMILES string of the molecule is COc1ccc(OC)c(/C=C\c2ccc(NC(=O)C(Cl)(Cl)Cl)cc2)c1. The number of rotatable bonds is 5. The third-order valence-corrected chi connectivity index (χ3v) is 3.83. The molecule has 0 aliphatic carbocycles. The molecule has 0 unspecified atom stereocenters. The van der Waals surface area contributed by atoms with Gasteiger partial charge in [0.1, 0.15) is 11.5 Å². The summed E-state index contributed by atoms with van der Waals surface area (Å²) in [7, 11) is 3.22. The lowest BCUT2D eigenvalue weighted by atomic mass is 10.1. The van der Waals surface area contributed by atoms with E-state index in [4.69, 9.17) is 44.3 Å². The van der Waals surface area contributed by atoms with Gasteiger partial charge in [-0.25, -0.2) is 0 Å². The first-order valence-electron chi connectivity index (χ1n) is 7.22. The molecule has 0 fully saturated rings. The van der Waals surface area contributed by atoms with Gasteiger partial charge in [0.15, 0.2) is 0 Å². The number of nitrogens with one attached hydrogen (secondary N) is 1. The molecule has 2 aromatic carbocycles. The third-order valence-electron chi connectivity index (χ3n) is 3.32. The second kappa shape index (κ2) is 8.48. The number of hydrogen-bond acceptors (Lipinski definition) is 3. The average molecular weight is 401 g/mol. The average Bonchev–Trinajstić information content (AvgIpc) is 2.60. The Bertz CT molecular complexity index is 768. The molecule has 4 nitrogen and oxygen atoms in total. The second-order valence-corrected chi connectivity index (χ2v) is 7.30. The molecular weight excluding hydrogens is 385 g/mol. The molecule has 0 aliphatic heterocycles. The van der Waals surface area contributed by atoms with Crippen molar-refractivity contribution >= 4 is 58.5 Å². The summed E-state index contributed by atoms with van der Waals surface area (Å²) in [6.45, 7) is 0. The number of amides is 1. The number of carbonyl (C=O) groups excluding carboxylic acids is 1. The smallest absolute Gasteiger partial charge is 0.276 e. The van der Waals surface area contributed by atoms with Crippen molar-refractivity contribution in [3.63, 3.8) is 0 Å². The van der Waals surface area contributed by atoms with Crippen LogP contribution in [0.25, 0.3) is 12.2 Å². The molecule has 0 atom stereocenters. The van der Waals surface area contributed by atoms with E-state index in [-0.39, 0.29) is 0 Å². The molecular formula is C18H16Cl3NO3. The van der Waals surface area contributed by atoms with Crippen LogP contribution in [-0.4, -0.2) is 23.9 Å². The van der Waals surface area contributed by atoms with E-state index in [1.165, 1.54) is 0 Å². The highest BCUT2D eigenvalue weighted by Crippen LogP contribution is 2.28. The van der Waals surface area contributed by atoms with Gasteiger partial charge >= 0.3 is 0 Å². The predicted octanol–water partition coefficient (Wildman–Crippen LogP) is 5.18. The van der Waals surface area contributed by atoms with Crippen LogP contribution in [0.3, 0.4) is 0 Å². The number of benzene rings is 2. The Morgan fingerprint density at radius 3 is 2.24 bits per heavy atom. The van der Waals surface area contributed by atoms with E-state index in [2.05, 4.69) is 5.32 Å². The Labute approximate surface area is 161 Å². The molecule has 7 heteroatoms. The molecule has 0 spiro atoms. The zero-order valence-corrected chi connectivity index (χ0v) is 15.8. The normalized spacial score (nSPS) is 11.4. The monoisotopic (exact) mass is 399 g/mol. The van der Waals surface area contributed by atoms with E-state index in [0.29, 0.717) is 5.69 Å². The van der Waals surface area contributed by atoms with Crippen molar-refractivity contribution in [3.05, 3.63) is 53.6 Å². The van der Waals surface area contributed by atoms with Gasteiger partial charge < -0.3 is 14.8 Å². The van der Waals surface area contributed by atoms with Gasteiger partial charge in [0.25, 0.3) is 9.70 Å². The van der Waals surface area contributed by atoms with Crippen LogP contribution >= 0.6 is 34.8 Å². The number of alkyl halides is 3. The lowest BCUT2D eigenvalue weighted by molar-refractivity contribution is -0.115. The third kappa shape index (κ3) is 5.56. The molecule has 0 aromatic heterocycles. The zero-order valence-electron chi connectivity index (χ0n) is 13.6. The fourth-order valence-electron chi connectivity index (χ4n) is 2.04. The quantitative estimate of drug-likeness (QED) is 0.555. The molecule has 132 valence electrons. The minimum absolute atomic E-state index is 0.535. The van der Waals surface area contributed by atoms with Gasteiger partial charge in [-0.15, -0.1) is 0 Å². The minimum atomic E-state index is -2.00. The number of anilines is 1. The Morgan fingerprint density at radius 2 is 1.68 bits per heavy atom. The molecule has 2 aromatic rings. The van der Waals surface area contributed by atoms with E-state index >= 15 is 0 Å². The maximum absolute atomic E-state index is 11.6. The highest BCUT2D eigenvalue weighted by atomic mass is 35.6. The fourth-order valence-corrected chi connectivity index (χ4v) is 2.18. The van der Waals surface area contributed by atoms with Crippen molar-refractivity contribution in [1.29, 1.82) is 0 Å². The molecule has 25 heavy (non-hydrogen) atoms. The topological polar surface area (TPSA) is 47.6 Å². The van der Waals surface area contributed by atoms with Gasteiger partial charge in [-0.3, -0.25) is 4.79 Å². The van der Waals surface area contributed by atoms with E-state index in [1.54, 1.807) is 26.4 Å². The summed E-state index contributed by atoms with van der Waals surface area (Å²) in [6.07, 6.45) is 3.83. The van der Waals surface area contributed by atoms with Crippen LogP contribution in [0.1, 0.15) is 11.1 Å². The van der Waals surface area contributed by atoms with Crippen LogP contribution in [0, 0.1) is 0 Å². The highest BCUT2D eigenvalue weighted by Gasteiger charge is 2.30. The molecule has 2 rings (SSSR count). The van der Waals surface area contributed by atoms with Gasteiger partial charge in [0.05, 0.1) is 14.2 Å². The van der Waals surface area contributed by atoms with Crippen LogP contribution in [-0.2, 0) is 4.79 Å². The number of halogens is 3. The first-order valence-corrected chi connectivity index (χ1v) is 8.35. The summed E-state index contributed by atoms with van der Waals surface area (Å²) < 4.78 is 8.56. The molecule has 0 saturated heterocycles. The van der Waals surface area contributed by atoms with Gasteiger partial charge in [0, 0.05) is 11.3 Å². The van der Waals surface area contributed by atoms with Crippen LogP contribution < -0.4 is 14.8 Å². The van der Waals surface area contributed by atoms with E-state index < -0.39 is 9.70 Å². The lowest BCUT2D eigenvalue weighted by Crippen LogP contribution is -2.26. The second-order valence-electron chi connectivity index (χ2n) is 5.02. The molecule has 0 radical (unpaired) electrons. The van der Waals surface area contributed by atoms with E-state index in [9.17, 15) is 4.79 Å². The van der Waals surface area contributed by atoms with Crippen molar-refractivity contribution in [2.45, 2.75) is 3.79 Å². The maximum atomic E-state index is 11.6. The highest BCUT2D eigenvalue weighted by molar-refractivity contribution is 6.76. The van der Waals surface area contributed by atoms with Crippen LogP contribution in [0.4, 0.5) is 5.69 Å². The Balaban J connectivity index is 2.13. The minimum Gasteiger partial charge on any atom is -0.497 e. The molecule has 0 bridgehead atoms. The van der Waals surface area contributed by atoms with Crippen LogP contribution in [0.5, 0.6) is 11.5 Å².